The van der Waals surface area contributed by atoms with Gasteiger partial charge in [-0.15, -0.1) is 0 Å². The van der Waals surface area contributed by atoms with Crippen LogP contribution in [0.25, 0.3) is 33.5 Å². The molecule has 0 bridgehead atoms. The molecule has 0 spiro atoms. The first-order valence-corrected chi connectivity index (χ1v) is 10.7. The molecule has 2 N–H and O–H groups in total. The van der Waals surface area contributed by atoms with Crippen molar-refractivity contribution in [2.75, 3.05) is 43.6 Å². The SMILES string of the molecule is COc1ccc(-c2c(-c3ccnc(NC(C)=O)c3)[nH]c3cc(N4CCOCC4)cnc23)nc1. The van der Waals surface area contributed by atoms with Crippen LogP contribution < -0.4 is 15.0 Å². The molecule has 9 heteroatoms. The van der Waals surface area contributed by atoms with Crippen molar-refractivity contribution in [2.45, 2.75) is 6.92 Å². The summed E-state index contributed by atoms with van der Waals surface area (Å²) in [6.45, 7) is 4.53. The van der Waals surface area contributed by atoms with Gasteiger partial charge in [0.05, 0.1) is 66.4 Å². The molecule has 0 unspecified atom stereocenters. The fraction of sp³-hybridized carbons (Fsp3) is 0.250. The minimum atomic E-state index is -0.176. The second-order valence-corrected chi connectivity index (χ2v) is 7.76. The average molecular weight is 444 g/mol. The highest BCUT2D eigenvalue weighted by atomic mass is 16.5. The van der Waals surface area contributed by atoms with Crippen LogP contribution in [-0.2, 0) is 9.53 Å². The normalized spacial score (nSPS) is 13.8. The van der Waals surface area contributed by atoms with E-state index in [4.69, 9.17) is 14.5 Å². The molecule has 0 atom stereocenters. The van der Waals surface area contributed by atoms with Gasteiger partial charge in [0.2, 0.25) is 5.91 Å². The number of carbonyl (C=O) groups excluding carboxylic acids is 1. The van der Waals surface area contributed by atoms with Crippen molar-refractivity contribution in [1.29, 1.82) is 0 Å². The third-order valence-corrected chi connectivity index (χ3v) is 5.58. The van der Waals surface area contributed by atoms with Crippen LogP contribution in [0.3, 0.4) is 0 Å². The molecule has 5 heterocycles. The molecule has 9 nitrogen and oxygen atoms in total. The van der Waals surface area contributed by atoms with Crippen molar-refractivity contribution >= 4 is 28.4 Å². The first-order chi connectivity index (χ1) is 16.1. The number of carbonyl (C=O) groups is 1. The maximum Gasteiger partial charge on any atom is 0.222 e. The zero-order valence-electron chi connectivity index (χ0n) is 18.5. The van der Waals surface area contributed by atoms with Crippen molar-refractivity contribution in [1.82, 2.24) is 19.9 Å². The number of hydrogen-bond donors (Lipinski definition) is 2. The summed E-state index contributed by atoms with van der Waals surface area (Å²) >= 11 is 0. The number of pyridine rings is 3. The van der Waals surface area contributed by atoms with Gasteiger partial charge in [-0.05, 0) is 30.3 Å². The maximum atomic E-state index is 11.5. The summed E-state index contributed by atoms with van der Waals surface area (Å²) in [5.74, 6) is 0.985. The Labute approximate surface area is 190 Å². The van der Waals surface area contributed by atoms with Crippen LogP contribution in [-0.4, -0.2) is 59.3 Å². The van der Waals surface area contributed by atoms with Crippen molar-refractivity contribution in [2.24, 2.45) is 0 Å². The van der Waals surface area contributed by atoms with E-state index in [2.05, 4.69) is 31.2 Å². The summed E-state index contributed by atoms with van der Waals surface area (Å²) in [5.41, 5.74) is 6.12. The number of fused-ring (bicyclic) bond motifs is 1. The molecule has 1 saturated heterocycles. The number of rotatable bonds is 5. The van der Waals surface area contributed by atoms with E-state index in [0.717, 1.165) is 52.3 Å². The molecule has 1 aliphatic rings. The molecule has 5 rings (SSSR count). The van der Waals surface area contributed by atoms with Crippen LogP contribution in [0.4, 0.5) is 11.5 Å². The minimum Gasteiger partial charge on any atom is -0.495 e. The summed E-state index contributed by atoms with van der Waals surface area (Å²) in [5, 5.41) is 2.74. The Hall–Kier alpha value is -3.98. The Morgan fingerprint density at radius 3 is 2.70 bits per heavy atom. The van der Waals surface area contributed by atoms with Gasteiger partial charge in [-0.25, -0.2) is 4.98 Å². The molecule has 168 valence electrons. The van der Waals surface area contributed by atoms with E-state index in [0.29, 0.717) is 24.8 Å². The Balaban J connectivity index is 1.66. The monoisotopic (exact) mass is 444 g/mol. The molecule has 4 aromatic rings. The first-order valence-electron chi connectivity index (χ1n) is 10.7. The Morgan fingerprint density at radius 2 is 1.97 bits per heavy atom. The predicted octanol–water partition coefficient (Wildman–Crippen LogP) is 3.49. The number of methoxy groups -OCH3 is 1. The zero-order valence-corrected chi connectivity index (χ0v) is 18.5. The van der Waals surface area contributed by atoms with Crippen LogP contribution in [0.1, 0.15) is 6.92 Å². The van der Waals surface area contributed by atoms with E-state index in [1.807, 2.05) is 30.5 Å². The summed E-state index contributed by atoms with van der Waals surface area (Å²) in [7, 11) is 1.61. The summed E-state index contributed by atoms with van der Waals surface area (Å²) < 4.78 is 10.8. The Morgan fingerprint density at radius 1 is 1.12 bits per heavy atom. The number of nitrogens with zero attached hydrogens (tertiary/aromatic N) is 4. The molecule has 1 amide bonds. The Kier molecular flexibility index (Phi) is 5.62. The Bertz CT molecular complexity index is 1300. The van der Waals surface area contributed by atoms with Crippen LogP contribution in [0.15, 0.2) is 48.9 Å². The summed E-state index contributed by atoms with van der Waals surface area (Å²) in [6, 6.07) is 9.63. The fourth-order valence-corrected chi connectivity index (χ4v) is 4.01. The lowest BCUT2D eigenvalue weighted by Gasteiger charge is -2.28. The average Bonchev–Trinajstić information content (AvgIpc) is 3.23. The van der Waals surface area contributed by atoms with Gasteiger partial charge < -0.3 is 24.7 Å². The van der Waals surface area contributed by atoms with Crippen molar-refractivity contribution in [3.05, 3.63) is 48.9 Å². The summed E-state index contributed by atoms with van der Waals surface area (Å²) in [4.78, 5) is 31.0. The molecular formula is C24H24N6O3. The van der Waals surface area contributed by atoms with Crippen molar-refractivity contribution in [3.63, 3.8) is 0 Å². The van der Waals surface area contributed by atoms with Gasteiger partial charge >= 0.3 is 0 Å². The van der Waals surface area contributed by atoms with E-state index < -0.39 is 0 Å². The van der Waals surface area contributed by atoms with Gasteiger partial charge in [0, 0.05) is 31.8 Å². The molecule has 0 radical (unpaired) electrons. The van der Waals surface area contributed by atoms with E-state index in [-0.39, 0.29) is 5.91 Å². The number of aromatic amines is 1. The van der Waals surface area contributed by atoms with Gasteiger partial charge in [-0.3, -0.25) is 14.8 Å². The van der Waals surface area contributed by atoms with Gasteiger partial charge in [0.25, 0.3) is 0 Å². The minimum absolute atomic E-state index is 0.176. The van der Waals surface area contributed by atoms with Gasteiger partial charge in [0.15, 0.2) is 0 Å². The second kappa shape index (κ2) is 8.87. The zero-order chi connectivity index (χ0) is 22.8. The summed E-state index contributed by atoms with van der Waals surface area (Å²) in [6.07, 6.45) is 5.26. The maximum absolute atomic E-state index is 11.5. The number of nitrogens with one attached hydrogen (secondary N) is 2. The van der Waals surface area contributed by atoms with E-state index in [9.17, 15) is 4.79 Å². The molecule has 1 aliphatic heterocycles. The third-order valence-electron chi connectivity index (χ3n) is 5.58. The van der Waals surface area contributed by atoms with Crippen LogP contribution in [0.5, 0.6) is 5.75 Å². The van der Waals surface area contributed by atoms with Gasteiger partial charge in [-0.2, -0.15) is 0 Å². The van der Waals surface area contributed by atoms with Crippen LogP contribution in [0, 0.1) is 0 Å². The predicted molar refractivity (Wildman–Crippen MR) is 126 cm³/mol. The molecule has 0 saturated carbocycles. The molecule has 0 aromatic carbocycles. The van der Waals surface area contributed by atoms with Gasteiger partial charge in [0.1, 0.15) is 11.6 Å². The number of H-pyrrole nitrogens is 1. The number of amides is 1. The van der Waals surface area contributed by atoms with Crippen molar-refractivity contribution < 1.29 is 14.3 Å². The number of morpholine rings is 1. The van der Waals surface area contributed by atoms with Gasteiger partial charge in [-0.1, -0.05) is 0 Å². The third kappa shape index (κ3) is 4.22. The molecule has 4 aromatic heterocycles. The second-order valence-electron chi connectivity index (χ2n) is 7.76. The lowest BCUT2D eigenvalue weighted by Crippen LogP contribution is -2.36. The number of ether oxygens (including phenoxy) is 2. The number of anilines is 2. The molecule has 33 heavy (non-hydrogen) atoms. The largest absolute Gasteiger partial charge is 0.495 e. The number of hydrogen-bond acceptors (Lipinski definition) is 7. The van der Waals surface area contributed by atoms with Crippen molar-refractivity contribution in [3.8, 4) is 28.3 Å². The standard InChI is InChI=1S/C24H24N6O3/c1-15(31)28-21-11-16(5-6-25-21)23-22(19-4-3-18(32-2)14-26-19)24-20(29-23)12-17(13-27-24)30-7-9-33-10-8-30/h3-6,11-14,29H,7-10H2,1-2H3,(H,25,28,31). The van der Waals surface area contributed by atoms with Crippen LogP contribution in [0.2, 0.25) is 0 Å². The first kappa shape index (κ1) is 20.9. The lowest BCUT2D eigenvalue weighted by atomic mass is 10.0. The quantitative estimate of drug-likeness (QED) is 0.485. The van der Waals surface area contributed by atoms with E-state index >= 15 is 0 Å². The highest BCUT2D eigenvalue weighted by molar-refractivity contribution is 6.02. The molecule has 1 fully saturated rings. The fourth-order valence-electron chi connectivity index (χ4n) is 4.01. The topological polar surface area (TPSA) is 105 Å². The molecule has 0 aliphatic carbocycles. The van der Waals surface area contributed by atoms with E-state index in [1.165, 1.54) is 6.92 Å². The van der Waals surface area contributed by atoms with Crippen LogP contribution >= 0.6 is 0 Å². The highest BCUT2D eigenvalue weighted by Gasteiger charge is 2.20. The smallest absolute Gasteiger partial charge is 0.222 e. The van der Waals surface area contributed by atoms with E-state index in [1.54, 1.807) is 19.5 Å². The number of aromatic nitrogens is 4. The lowest BCUT2D eigenvalue weighted by molar-refractivity contribution is -0.114. The molecular weight excluding hydrogens is 420 g/mol. The highest BCUT2D eigenvalue weighted by Crippen LogP contribution is 2.38.